The lowest BCUT2D eigenvalue weighted by Gasteiger charge is -2.02. The summed E-state index contributed by atoms with van der Waals surface area (Å²) in [5.41, 5.74) is -0.0718. The summed E-state index contributed by atoms with van der Waals surface area (Å²) in [6, 6.07) is 0. The van der Waals surface area contributed by atoms with Gasteiger partial charge in [0.1, 0.15) is 6.33 Å². The SMILES string of the molecule is CNc1ncnc(SC)c1[N+](=O)[O-]. The lowest BCUT2D eigenvalue weighted by atomic mass is 10.5. The summed E-state index contributed by atoms with van der Waals surface area (Å²) < 4.78 is 0. The van der Waals surface area contributed by atoms with E-state index in [1.165, 1.54) is 18.1 Å². The van der Waals surface area contributed by atoms with Crippen LogP contribution < -0.4 is 5.32 Å². The highest BCUT2D eigenvalue weighted by atomic mass is 32.2. The van der Waals surface area contributed by atoms with Crippen LogP contribution in [0.25, 0.3) is 0 Å². The average molecular weight is 200 g/mol. The van der Waals surface area contributed by atoms with Crippen molar-refractivity contribution < 1.29 is 4.92 Å². The molecule has 1 rings (SSSR count). The number of hydrogen-bond acceptors (Lipinski definition) is 6. The highest BCUT2D eigenvalue weighted by Gasteiger charge is 2.20. The summed E-state index contributed by atoms with van der Waals surface area (Å²) in [4.78, 5) is 17.7. The van der Waals surface area contributed by atoms with Crippen LogP contribution in [0, 0.1) is 10.1 Å². The van der Waals surface area contributed by atoms with Gasteiger partial charge in [0.15, 0.2) is 5.03 Å². The topological polar surface area (TPSA) is 81.0 Å². The maximum Gasteiger partial charge on any atom is 0.343 e. The van der Waals surface area contributed by atoms with Crippen molar-refractivity contribution in [1.82, 2.24) is 9.97 Å². The molecule has 0 bridgehead atoms. The lowest BCUT2D eigenvalue weighted by molar-refractivity contribution is -0.387. The molecule has 1 aromatic heterocycles. The summed E-state index contributed by atoms with van der Waals surface area (Å²) in [6.07, 6.45) is 3.03. The van der Waals surface area contributed by atoms with Crippen molar-refractivity contribution in [3.63, 3.8) is 0 Å². The summed E-state index contributed by atoms with van der Waals surface area (Å²) in [7, 11) is 1.58. The predicted molar refractivity (Wildman–Crippen MR) is 50.0 cm³/mol. The Morgan fingerprint density at radius 2 is 2.31 bits per heavy atom. The van der Waals surface area contributed by atoms with E-state index >= 15 is 0 Å². The minimum Gasteiger partial charge on any atom is -0.367 e. The van der Waals surface area contributed by atoms with Gasteiger partial charge in [-0.2, -0.15) is 0 Å². The van der Waals surface area contributed by atoms with E-state index in [0.29, 0.717) is 5.03 Å². The zero-order chi connectivity index (χ0) is 9.84. The molecule has 70 valence electrons. The molecule has 0 aromatic carbocycles. The molecule has 0 saturated heterocycles. The smallest absolute Gasteiger partial charge is 0.343 e. The number of thioether (sulfide) groups is 1. The molecule has 0 atom stereocenters. The summed E-state index contributed by atoms with van der Waals surface area (Å²) in [6.45, 7) is 0. The van der Waals surface area contributed by atoms with E-state index < -0.39 is 4.92 Å². The van der Waals surface area contributed by atoms with Crippen LogP contribution in [0.4, 0.5) is 11.5 Å². The third kappa shape index (κ3) is 1.86. The van der Waals surface area contributed by atoms with Crippen LogP contribution in [0.1, 0.15) is 0 Å². The quantitative estimate of drug-likeness (QED) is 0.341. The van der Waals surface area contributed by atoms with Crippen LogP contribution in [-0.4, -0.2) is 28.2 Å². The maximum absolute atomic E-state index is 10.6. The van der Waals surface area contributed by atoms with E-state index in [1.807, 2.05) is 0 Å². The number of rotatable bonds is 3. The number of aromatic nitrogens is 2. The fourth-order valence-corrected chi connectivity index (χ4v) is 1.38. The average Bonchev–Trinajstić information content (AvgIpc) is 2.16. The van der Waals surface area contributed by atoms with Gasteiger partial charge >= 0.3 is 5.69 Å². The minimum atomic E-state index is -0.488. The largest absolute Gasteiger partial charge is 0.367 e. The normalized spacial score (nSPS) is 9.69. The van der Waals surface area contributed by atoms with Crippen LogP contribution >= 0.6 is 11.8 Å². The van der Waals surface area contributed by atoms with E-state index in [4.69, 9.17) is 0 Å². The molecule has 0 spiro atoms. The summed E-state index contributed by atoms with van der Waals surface area (Å²) in [5, 5.41) is 13.6. The van der Waals surface area contributed by atoms with Gasteiger partial charge in [0, 0.05) is 7.05 Å². The molecule has 0 radical (unpaired) electrons. The van der Waals surface area contributed by atoms with Crippen molar-refractivity contribution in [1.29, 1.82) is 0 Å². The van der Waals surface area contributed by atoms with E-state index in [-0.39, 0.29) is 11.5 Å². The molecule has 0 unspecified atom stereocenters. The molecule has 13 heavy (non-hydrogen) atoms. The van der Waals surface area contributed by atoms with E-state index in [9.17, 15) is 10.1 Å². The minimum absolute atomic E-state index is 0.0718. The van der Waals surface area contributed by atoms with E-state index in [2.05, 4.69) is 15.3 Å². The number of hydrogen-bond donors (Lipinski definition) is 1. The fraction of sp³-hybridized carbons (Fsp3) is 0.333. The first-order valence-corrected chi connectivity index (χ1v) is 4.64. The molecule has 7 heteroatoms. The number of anilines is 1. The highest BCUT2D eigenvalue weighted by molar-refractivity contribution is 7.98. The Bertz CT molecular complexity index is 308. The monoisotopic (exact) mass is 200 g/mol. The molecule has 0 aliphatic rings. The molecule has 0 fully saturated rings. The van der Waals surface area contributed by atoms with Crippen LogP contribution in [0.5, 0.6) is 0 Å². The molecule has 6 nitrogen and oxygen atoms in total. The lowest BCUT2D eigenvalue weighted by Crippen LogP contribution is -2.02. The van der Waals surface area contributed by atoms with Gasteiger partial charge in [0.05, 0.1) is 4.92 Å². The number of nitrogens with one attached hydrogen (secondary N) is 1. The van der Waals surface area contributed by atoms with Crippen molar-refractivity contribution in [3.05, 3.63) is 16.4 Å². The van der Waals surface area contributed by atoms with E-state index in [0.717, 1.165) is 0 Å². The first-order valence-electron chi connectivity index (χ1n) is 3.41. The Morgan fingerprint density at radius 1 is 1.62 bits per heavy atom. The molecule has 0 saturated carbocycles. The van der Waals surface area contributed by atoms with Gasteiger partial charge < -0.3 is 5.32 Å². The zero-order valence-corrected chi connectivity index (χ0v) is 7.96. The molecular weight excluding hydrogens is 192 g/mol. The second-order valence-corrected chi connectivity index (χ2v) is 2.88. The van der Waals surface area contributed by atoms with Gasteiger partial charge in [-0.05, 0) is 6.26 Å². The third-order valence-corrected chi connectivity index (χ3v) is 2.09. The fourth-order valence-electron chi connectivity index (χ4n) is 0.860. The Morgan fingerprint density at radius 3 is 2.77 bits per heavy atom. The summed E-state index contributed by atoms with van der Waals surface area (Å²) >= 11 is 1.22. The molecule has 0 aliphatic heterocycles. The molecule has 1 aromatic rings. The Balaban J connectivity index is 3.29. The number of nitro groups is 1. The Kier molecular flexibility index (Phi) is 3.02. The van der Waals surface area contributed by atoms with Gasteiger partial charge in [-0.25, -0.2) is 9.97 Å². The third-order valence-electron chi connectivity index (χ3n) is 1.40. The van der Waals surface area contributed by atoms with Gasteiger partial charge in [0.2, 0.25) is 5.82 Å². The highest BCUT2D eigenvalue weighted by Crippen LogP contribution is 2.29. The van der Waals surface area contributed by atoms with Crippen LogP contribution in [-0.2, 0) is 0 Å². The maximum atomic E-state index is 10.6. The van der Waals surface area contributed by atoms with Crippen molar-refractivity contribution >= 4 is 23.3 Å². The van der Waals surface area contributed by atoms with Crippen molar-refractivity contribution in [2.45, 2.75) is 5.03 Å². The number of nitrogens with zero attached hydrogens (tertiary/aromatic N) is 3. The van der Waals surface area contributed by atoms with Crippen LogP contribution in [0.15, 0.2) is 11.4 Å². The molecule has 0 amide bonds. The first kappa shape index (κ1) is 9.72. The van der Waals surface area contributed by atoms with Crippen LogP contribution in [0.2, 0.25) is 0 Å². The van der Waals surface area contributed by atoms with Gasteiger partial charge in [-0.3, -0.25) is 10.1 Å². The molecule has 1 heterocycles. The predicted octanol–water partition coefficient (Wildman–Crippen LogP) is 1.15. The molecular formula is C6H8N4O2S. The van der Waals surface area contributed by atoms with Gasteiger partial charge in [-0.15, -0.1) is 11.8 Å². The van der Waals surface area contributed by atoms with Gasteiger partial charge in [-0.1, -0.05) is 0 Å². The van der Waals surface area contributed by atoms with Gasteiger partial charge in [0.25, 0.3) is 0 Å². The van der Waals surface area contributed by atoms with Crippen LogP contribution in [0.3, 0.4) is 0 Å². The molecule has 0 aliphatic carbocycles. The second-order valence-electron chi connectivity index (χ2n) is 2.09. The van der Waals surface area contributed by atoms with Crippen molar-refractivity contribution in [3.8, 4) is 0 Å². The first-order chi connectivity index (χ1) is 6.20. The Hall–Kier alpha value is -1.37. The standard InChI is InChI=1S/C6H8N4O2S/c1-7-5-4(10(11)12)6(13-2)9-3-8-5/h3H,1-2H3,(H,7,8,9). The second kappa shape index (κ2) is 4.04. The summed E-state index contributed by atoms with van der Waals surface area (Å²) in [5.74, 6) is 0.240. The van der Waals surface area contributed by atoms with Crippen molar-refractivity contribution in [2.24, 2.45) is 0 Å². The van der Waals surface area contributed by atoms with E-state index in [1.54, 1.807) is 13.3 Å². The molecule has 1 N–H and O–H groups in total. The zero-order valence-electron chi connectivity index (χ0n) is 7.14. The Labute approximate surface area is 78.9 Å². The van der Waals surface area contributed by atoms with Crippen molar-refractivity contribution in [2.75, 3.05) is 18.6 Å².